The van der Waals surface area contributed by atoms with Crippen molar-refractivity contribution in [1.82, 2.24) is 10.3 Å². The van der Waals surface area contributed by atoms with Crippen LogP contribution in [0.3, 0.4) is 0 Å². The standard InChI is InChI=1S/C15H12ClN3OS/c16-10-5-3-6-11-12(10)13(17)14(21-11)15(20)19-8-9-4-1-2-7-18-9/h1-7H,8,17H2,(H,19,20). The molecule has 0 aliphatic carbocycles. The summed E-state index contributed by atoms with van der Waals surface area (Å²) < 4.78 is 0.906. The Labute approximate surface area is 130 Å². The maximum atomic E-state index is 12.3. The van der Waals surface area contributed by atoms with Gasteiger partial charge in [-0.15, -0.1) is 11.3 Å². The fourth-order valence-corrected chi connectivity index (χ4v) is 3.45. The summed E-state index contributed by atoms with van der Waals surface area (Å²) in [6, 6.07) is 11.1. The molecule has 0 spiro atoms. The minimum atomic E-state index is -0.213. The molecule has 0 saturated heterocycles. The van der Waals surface area contributed by atoms with Gasteiger partial charge < -0.3 is 11.1 Å². The Morgan fingerprint density at radius 1 is 1.29 bits per heavy atom. The van der Waals surface area contributed by atoms with Gasteiger partial charge >= 0.3 is 0 Å². The molecule has 0 saturated carbocycles. The van der Waals surface area contributed by atoms with Crippen LogP contribution >= 0.6 is 22.9 Å². The molecule has 1 amide bonds. The molecule has 0 aliphatic heterocycles. The van der Waals surface area contributed by atoms with Crippen LogP contribution in [0.4, 0.5) is 5.69 Å². The summed E-state index contributed by atoms with van der Waals surface area (Å²) in [7, 11) is 0. The Kier molecular flexibility index (Phi) is 3.77. The Morgan fingerprint density at radius 2 is 2.14 bits per heavy atom. The Balaban J connectivity index is 1.85. The fourth-order valence-electron chi connectivity index (χ4n) is 2.05. The molecule has 0 bridgehead atoms. The van der Waals surface area contributed by atoms with E-state index < -0.39 is 0 Å². The van der Waals surface area contributed by atoms with Crippen LogP contribution in [-0.4, -0.2) is 10.9 Å². The highest BCUT2D eigenvalue weighted by Crippen LogP contribution is 2.37. The zero-order chi connectivity index (χ0) is 14.8. The number of nitrogen functional groups attached to an aromatic ring is 1. The summed E-state index contributed by atoms with van der Waals surface area (Å²) in [6.45, 7) is 0.362. The summed E-state index contributed by atoms with van der Waals surface area (Å²) in [5, 5.41) is 4.13. The first-order valence-electron chi connectivity index (χ1n) is 6.31. The SMILES string of the molecule is Nc1c(C(=O)NCc2ccccn2)sc2cccc(Cl)c12. The third-order valence-electron chi connectivity index (χ3n) is 3.06. The van der Waals surface area contributed by atoms with Gasteiger partial charge in [-0.05, 0) is 24.3 Å². The van der Waals surface area contributed by atoms with Crippen molar-refractivity contribution in [3.63, 3.8) is 0 Å². The van der Waals surface area contributed by atoms with Gasteiger partial charge in [-0.2, -0.15) is 0 Å². The smallest absolute Gasteiger partial charge is 0.263 e. The van der Waals surface area contributed by atoms with Crippen LogP contribution in [0.2, 0.25) is 5.02 Å². The van der Waals surface area contributed by atoms with Crippen molar-refractivity contribution in [3.05, 3.63) is 58.2 Å². The number of nitrogens with zero attached hydrogens (tertiary/aromatic N) is 1. The Hall–Kier alpha value is -2.11. The predicted molar refractivity (Wildman–Crippen MR) is 86.7 cm³/mol. The summed E-state index contributed by atoms with van der Waals surface area (Å²) in [6.07, 6.45) is 1.69. The van der Waals surface area contributed by atoms with E-state index in [0.717, 1.165) is 15.8 Å². The third-order valence-corrected chi connectivity index (χ3v) is 4.55. The number of fused-ring (bicyclic) bond motifs is 1. The number of aromatic nitrogens is 1. The number of halogens is 1. The minimum Gasteiger partial charge on any atom is -0.397 e. The Morgan fingerprint density at radius 3 is 2.86 bits per heavy atom. The van der Waals surface area contributed by atoms with Crippen molar-refractivity contribution < 1.29 is 4.79 Å². The average Bonchev–Trinajstić information content (AvgIpc) is 2.84. The van der Waals surface area contributed by atoms with E-state index in [1.807, 2.05) is 30.3 Å². The number of carbonyl (C=O) groups is 1. The molecule has 3 aromatic rings. The second-order valence-corrected chi connectivity index (χ2v) is 5.92. The highest BCUT2D eigenvalue weighted by Gasteiger charge is 2.17. The summed E-state index contributed by atoms with van der Waals surface area (Å²) in [4.78, 5) is 16.9. The van der Waals surface area contributed by atoms with Gasteiger partial charge in [0.05, 0.1) is 22.9 Å². The lowest BCUT2D eigenvalue weighted by Crippen LogP contribution is -2.23. The van der Waals surface area contributed by atoms with Crippen molar-refractivity contribution in [2.45, 2.75) is 6.54 Å². The van der Waals surface area contributed by atoms with Gasteiger partial charge in [0, 0.05) is 16.3 Å². The van der Waals surface area contributed by atoms with Crippen molar-refractivity contribution in [1.29, 1.82) is 0 Å². The van der Waals surface area contributed by atoms with E-state index in [-0.39, 0.29) is 5.91 Å². The van der Waals surface area contributed by atoms with E-state index in [2.05, 4.69) is 10.3 Å². The highest BCUT2D eigenvalue weighted by atomic mass is 35.5. The molecule has 21 heavy (non-hydrogen) atoms. The second kappa shape index (κ2) is 5.71. The van der Waals surface area contributed by atoms with E-state index in [4.69, 9.17) is 17.3 Å². The van der Waals surface area contributed by atoms with E-state index in [1.165, 1.54) is 11.3 Å². The maximum absolute atomic E-state index is 12.3. The number of nitrogens with two attached hydrogens (primary N) is 1. The lowest BCUT2D eigenvalue weighted by atomic mass is 10.2. The van der Waals surface area contributed by atoms with Crippen molar-refractivity contribution in [3.8, 4) is 0 Å². The number of rotatable bonds is 3. The molecule has 0 fully saturated rings. The van der Waals surface area contributed by atoms with Crippen LogP contribution in [-0.2, 0) is 6.54 Å². The highest BCUT2D eigenvalue weighted by molar-refractivity contribution is 7.21. The van der Waals surface area contributed by atoms with E-state index >= 15 is 0 Å². The number of hydrogen-bond acceptors (Lipinski definition) is 4. The molecule has 2 heterocycles. The van der Waals surface area contributed by atoms with E-state index in [9.17, 15) is 4.79 Å². The van der Waals surface area contributed by atoms with Gasteiger partial charge in [0.2, 0.25) is 0 Å². The van der Waals surface area contributed by atoms with Gasteiger partial charge in [-0.1, -0.05) is 23.7 Å². The van der Waals surface area contributed by atoms with Gasteiger partial charge in [-0.3, -0.25) is 9.78 Å². The molecular formula is C15H12ClN3OS. The largest absolute Gasteiger partial charge is 0.397 e. The first-order chi connectivity index (χ1) is 10.2. The molecular weight excluding hydrogens is 306 g/mol. The zero-order valence-electron chi connectivity index (χ0n) is 11.0. The van der Waals surface area contributed by atoms with Gasteiger partial charge in [0.1, 0.15) is 4.88 Å². The molecule has 106 valence electrons. The maximum Gasteiger partial charge on any atom is 0.263 e. The lowest BCUT2D eigenvalue weighted by Gasteiger charge is -2.03. The van der Waals surface area contributed by atoms with Crippen molar-refractivity contribution >= 4 is 44.6 Å². The van der Waals surface area contributed by atoms with Gasteiger partial charge in [0.15, 0.2) is 0 Å². The second-order valence-electron chi connectivity index (χ2n) is 4.46. The molecule has 3 N–H and O–H groups in total. The number of benzene rings is 1. The van der Waals surface area contributed by atoms with Gasteiger partial charge in [0.25, 0.3) is 5.91 Å². The van der Waals surface area contributed by atoms with E-state index in [1.54, 1.807) is 12.3 Å². The number of carbonyl (C=O) groups excluding carboxylic acids is 1. The van der Waals surface area contributed by atoms with Crippen LogP contribution in [0.25, 0.3) is 10.1 Å². The topological polar surface area (TPSA) is 68.0 Å². The van der Waals surface area contributed by atoms with Crippen LogP contribution in [0.1, 0.15) is 15.4 Å². The average molecular weight is 318 g/mol. The fraction of sp³-hybridized carbons (Fsp3) is 0.0667. The molecule has 3 rings (SSSR count). The molecule has 0 atom stereocenters. The molecule has 0 aliphatic rings. The summed E-state index contributed by atoms with van der Waals surface area (Å²) >= 11 is 7.48. The normalized spacial score (nSPS) is 10.7. The van der Waals surface area contributed by atoms with Crippen LogP contribution < -0.4 is 11.1 Å². The van der Waals surface area contributed by atoms with Crippen molar-refractivity contribution in [2.75, 3.05) is 5.73 Å². The first kappa shape index (κ1) is 13.9. The number of anilines is 1. The van der Waals surface area contributed by atoms with Crippen LogP contribution in [0.5, 0.6) is 0 Å². The number of nitrogens with one attached hydrogen (secondary N) is 1. The summed E-state index contributed by atoms with van der Waals surface area (Å²) in [5.41, 5.74) is 7.28. The Bertz CT molecular complexity index is 801. The predicted octanol–water partition coefficient (Wildman–Crippen LogP) is 3.46. The lowest BCUT2D eigenvalue weighted by molar-refractivity contribution is 0.0955. The van der Waals surface area contributed by atoms with Crippen LogP contribution in [0.15, 0.2) is 42.6 Å². The molecule has 2 aromatic heterocycles. The van der Waals surface area contributed by atoms with E-state index in [0.29, 0.717) is 22.1 Å². The third kappa shape index (κ3) is 2.70. The molecule has 0 radical (unpaired) electrons. The van der Waals surface area contributed by atoms with Crippen molar-refractivity contribution in [2.24, 2.45) is 0 Å². The monoisotopic (exact) mass is 317 g/mol. The number of thiophene rings is 1. The minimum absolute atomic E-state index is 0.213. The quantitative estimate of drug-likeness (QED) is 0.777. The first-order valence-corrected chi connectivity index (χ1v) is 7.51. The molecule has 4 nitrogen and oxygen atoms in total. The molecule has 6 heteroatoms. The molecule has 0 unspecified atom stereocenters. The number of hydrogen-bond donors (Lipinski definition) is 2. The van der Waals surface area contributed by atoms with Gasteiger partial charge in [-0.25, -0.2) is 0 Å². The summed E-state index contributed by atoms with van der Waals surface area (Å²) in [5.74, 6) is -0.213. The number of amides is 1. The molecule has 1 aromatic carbocycles. The number of pyridine rings is 1. The van der Waals surface area contributed by atoms with Crippen LogP contribution in [0, 0.1) is 0 Å². The zero-order valence-corrected chi connectivity index (χ0v) is 12.5.